The highest BCUT2D eigenvalue weighted by atomic mass is 19.4. The van der Waals surface area contributed by atoms with Gasteiger partial charge in [0.1, 0.15) is 0 Å². The molecule has 1 aliphatic rings. The topological polar surface area (TPSA) is 56.0 Å². The first-order valence-corrected chi connectivity index (χ1v) is 10.8. The zero-order valence-corrected chi connectivity index (χ0v) is 17.9. The van der Waals surface area contributed by atoms with Crippen LogP contribution in [0.5, 0.6) is 0 Å². The Labute approximate surface area is 184 Å². The molecule has 0 radical (unpaired) electrons. The first-order chi connectivity index (χ1) is 15.3. The van der Waals surface area contributed by atoms with Crippen molar-refractivity contribution in [2.45, 2.75) is 45.3 Å². The average Bonchev–Trinajstić information content (AvgIpc) is 3.44. The third-order valence-corrected chi connectivity index (χ3v) is 6.10. The molecule has 1 fully saturated rings. The minimum atomic E-state index is -4.70. The standard InChI is InChI=1S/C23H26F3N5O/c1-17-5-2-3-7-20(17)31-21(23(24,25)26)19(15-28-31)22(32)30-12-8-18(9-13-30)6-4-11-29-14-10-27-16-29/h2-3,5,7,10,14-16,18H,4,6,8-9,11-13H2,1H3. The van der Waals surface area contributed by atoms with Crippen LogP contribution in [-0.4, -0.2) is 43.2 Å². The molecule has 0 saturated carbocycles. The summed E-state index contributed by atoms with van der Waals surface area (Å²) in [6, 6.07) is 6.70. The Bertz CT molecular complexity index is 1050. The van der Waals surface area contributed by atoms with E-state index in [4.69, 9.17) is 0 Å². The Kier molecular flexibility index (Phi) is 6.34. The van der Waals surface area contributed by atoms with Crippen LogP contribution in [0.4, 0.5) is 13.2 Å². The van der Waals surface area contributed by atoms with E-state index in [9.17, 15) is 18.0 Å². The maximum atomic E-state index is 14.0. The highest BCUT2D eigenvalue weighted by Crippen LogP contribution is 2.35. The number of rotatable bonds is 6. The predicted octanol–water partition coefficient (Wildman–Crippen LogP) is 4.73. The van der Waals surface area contributed by atoms with Gasteiger partial charge in [0.05, 0.1) is 23.8 Å². The largest absolute Gasteiger partial charge is 0.434 e. The SMILES string of the molecule is Cc1ccccc1-n1ncc(C(=O)N2CCC(CCCn3ccnc3)CC2)c1C(F)(F)F. The van der Waals surface area contributed by atoms with Crippen LogP contribution in [0, 0.1) is 12.8 Å². The van der Waals surface area contributed by atoms with E-state index in [1.54, 1.807) is 43.7 Å². The summed E-state index contributed by atoms with van der Waals surface area (Å²) < 4.78 is 44.8. The molecule has 2 aromatic heterocycles. The van der Waals surface area contributed by atoms with Crippen LogP contribution >= 0.6 is 0 Å². The fourth-order valence-corrected chi connectivity index (χ4v) is 4.34. The molecule has 0 atom stereocenters. The number of aryl methyl sites for hydroxylation is 2. The quantitative estimate of drug-likeness (QED) is 0.551. The lowest BCUT2D eigenvalue weighted by molar-refractivity contribution is -0.143. The van der Waals surface area contributed by atoms with Gasteiger partial charge >= 0.3 is 6.18 Å². The third-order valence-electron chi connectivity index (χ3n) is 6.10. The lowest BCUT2D eigenvalue weighted by Gasteiger charge is -2.32. The highest BCUT2D eigenvalue weighted by molar-refractivity contribution is 5.95. The molecular weight excluding hydrogens is 419 g/mol. The zero-order chi connectivity index (χ0) is 22.7. The van der Waals surface area contributed by atoms with Gasteiger partial charge in [-0.05, 0) is 50.2 Å². The Morgan fingerprint density at radius 1 is 1.19 bits per heavy atom. The summed E-state index contributed by atoms with van der Waals surface area (Å²) in [5, 5.41) is 3.95. The fraction of sp³-hybridized carbons (Fsp3) is 0.435. The molecule has 1 aliphatic heterocycles. The van der Waals surface area contributed by atoms with Gasteiger partial charge in [0.25, 0.3) is 5.91 Å². The van der Waals surface area contributed by atoms with E-state index in [0.717, 1.165) is 43.1 Å². The van der Waals surface area contributed by atoms with Gasteiger partial charge in [0.2, 0.25) is 0 Å². The number of carbonyl (C=O) groups is 1. The molecule has 1 amide bonds. The lowest BCUT2D eigenvalue weighted by atomic mass is 9.92. The molecule has 1 saturated heterocycles. The normalized spacial score (nSPS) is 15.3. The summed E-state index contributed by atoms with van der Waals surface area (Å²) in [6.45, 7) is 3.53. The van der Waals surface area contributed by atoms with Crippen molar-refractivity contribution in [2.24, 2.45) is 5.92 Å². The second-order valence-corrected chi connectivity index (χ2v) is 8.28. The molecule has 3 heterocycles. The molecule has 9 heteroatoms. The number of piperidine rings is 1. The van der Waals surface area contributed by atoms with E-state index in [1.165, 1.54) is 4.90 Å². The molecule has 0 bridgehead atoms. The summed E-state index contributed by atoms with van der Waals surface area (Å²) in [5.41, 5.74) is -0.439. The number of aromatic nitrogens is 4. The number of imidazole rings is 1. The number of para-hydroxylation sites is 1. The molecule has 32 heavy (non-hydrogen) atoms. The van der Waals surface area contributed by atoms with Gasteiger partial charge in [0, 0.05) is 32.0 Å². The van der Waals surface area contributed by atoms with E-state index in [2.05, 4.69) is 10.1 Å². The Morgan fingerprint density at radius 2 is 1.94 bits per heavy atom. The number of alkyl halides is 3. The third kappa shape index (κ3) is 4.71. The van der Waals surface area contributed by atoms with Gasteiger partial charge in [0.15, 0.2) is 5.69 Å². The van der Waals surface area contributed by atoms with E-state index < -0.39 is 17.8 Å². The van der Waals surface area contributed by atoms with Gasteiger partial charge in [-0.1, -0.05) is 18.2 Å². The van der Waals surface area contributed by atoms with E-state index in [0.29, 0.717) is 30.3 Å². The van der Waals surface area contributed by atoms with Crippen LogP contribution < -0.4 is 0 Å². The molecule has 0 unspecified atom stereocenters. The molecule has 1 aromatic carbocycles. The van der Waals surface area contributed by atoms with Crippen molar-refractivity contribution >= 4 is 5.91 Å². The molecule has 0 spiro atoms. The molecule has 0 N–H and O–H groups in total. The average molecular weight is 445 g/mol. The van der Waals surface area contributed by atoms with Gasteiger partial charge < -0.3 is 9.47 Å². The zero-order valence-electron chi connectivity index (χ0n) is 17.9. The predicted molar refractivity (Wildman–Crippen MR) is 113 cm³/mol. The Morgan fingerprint density at radius 3 is 2.59 bits per heavy atom. The molecule has 6 nitrogen and oxygen atoms in total. The van der Waals surface area contributed by atoms with Gasteiger partial charge in [-0.3, -0.25) is 4.79 Å². The summed E-state index contributed by atoms with van der Waals surface area (Å²) in [5.74, 6) is -0.131. The number of amides is 1. The maximum Gasteiger partial charge on any atom is 0.434 e. The van der Waals surface area contributed by atoms with Crippen molar-refractivity contribution in [2.75, 3.05) is 13.1 Å². The monoisotopic (exact) mass is 445 g/mol. The Balaban J connectivity index is 1.44. The molecule has 4 rings (SSSR count). The molecule has 3 aromatic rings. The number of hydrogen-bond acceptors (Lipinski definition) is 3. The number of halogens is 3. The fourth-order valence-electron chi connectivity index (χ4n) is 4.34. The Hall–Kier alpha value is -3.10. The molecular formula is C23H26F3N5O. The summed E-state index contributed by atoms with van der Waals surface area (Å²) in [4.78, 5) is 18.6. The first-order valence-electron chi connectivity index (χ1n) is 10.8. The number of hydrogen-bond donors (Lipinski definition) is 0. The number of benzene rings is 1. The minimum Gasteiger partial charge on any atom is -0.339 e. The van der Waals surface area contributed by atoms with E-state index in [1.807, 2.05) is 10.8 Å². The van der Waals surface area contributed by atoms with Gasteiger partial charge in [-0.2, -0.15) is 18.3 Å². The van der Waals surface area contributed by atoms with Crippen LogP contribution in [0.25, 0.3) is 5.69 Å². The van der Waals surface area contributed by atoms with Crippen molar-refractivity contribution in [3.8, 4) is 5.69 Å². The lowest BCUT2D eigenvalue weighted by Crippen LogP contribution is -2.39. The van der Waals surface area contributed by atoms with Crippen LogP contribution in [0.2, 0.25) is 0 Å². The summed E-state index contributed by atoms with van der Waals surface area (Å²) in [7, 11) is 0. The van der Waals surface area contributed by atoms with Crippen molar-refractivity contribution in [1.82, 2.24) is 24.2 Å². The van der Waals surface area contributed by atoms with Crippen molar-refractivity contribution < 1.29 is 18.0 Å². The number of likely N-dealkylation sites (tertiary alicyclic amines) is 1. The van der Waals surface area contributed by atoms with E-state index in [-0.39, 0.29) is 5.56 Å². The first kappa shape index (κ1) is 22.1. The van der Waals surface area contributed by atoms with Crippen molar-refractivity contribution in [3.05, 3.63) is 66.0 Å². The van der Waals surface area contributed by atoms with Crippen LogP contribution in [0.1, 0.15) is 47.3 Å². The minimum absolute atomic E-state index is 0.315. The number of nitrogens with zero attached hydrogens (tertiary/aromatic N) is 5. The van der Waals surface area contributed by atoms with E-state index >= 15 is 0 Å². The molecule has 170 valence electrons. The highest BCUT2D eigenvalue weighted by Gasteiger charge is 2.42. The van der Waals surface area contributed by atoms with Crippen LogP contribution in [0.15, 0.2) is 49.2 Å². The summed E-state index contributed by atoms with van der Waals surface area (Å²) in [6.07, 6.45) is 5.44. The van der Waals surface area contributed by atoms with Crippen LogP contribution in [-0.2, 0) is 12.7 Å². The van der Waals surface area contributed by atoms with Gasteiger partial charge in [-0.25, -0.2) is 9.67 Å². The maximum absolute atomic E-state index is 14.0. The van der Waals surface area contributed by atoms with Crippen molar-refractivity contribution in [3.63, 3.8) is 0 Å². The summed E-state index contributed by atoms with van der Waals surface area (Å²) >= 11 is 0. The smallest absolute Gasteiger partial charge is 0.339 e. The van der Waals surface area contributed by atoms with Crippen molar-refractivity contribution in [1.29, 1.82) is 0 Å². The van der Waals surface area contributed by atoms with Gasteiger partial charge in [-0.15, -0.1) is 0 Å². The van der Waals surface area contributed by atoms with Crippen LogP contribution in [0.3, 0.4) is 0 Å². The second-order valence-electron chi connectivity index (χ2n) is 8.28. The molecule has 0 aliphatic carbocycles. The number of carbonyl (C=O) groups excluding carboxylic acids is 1. The second kappa shape index (κ2) is 9.18.